The largest absolute Gasteiger partial charge is 0.477 e. The highest BCUT2D eigenvalue weighted by Crippen LogP contribution is 2.43. The van der Waals surface area contributed by atoms with E-state index in [2.05, 4.69) is 20.8 Å². The summed E-state index contributed by atoms with van der Waals surface area (Å²) in [7, 11) is 1.71. The molecule has 2 aromatic carbocycles. The van der Waals surface area contributed by atoms with Gasteiger partial charge >= 0.3 is 0 Å². The van der Waals surface area contributed by atoms with E-state index in [-0.39, 0.29) is 5.78 Å². The molecule has 0 radical (unpaired) electrons. The van der Waals surface area contributed by atoms with Crippen molar-refractivity contribution >= 4 is 27.8 Å². The maximum Gasteiger partial charge on any atom is 0.231 e. The highest BCUT2D eigenvalue weighted by atomic mass is 79.9. The number of halogens is 1. The van der Waals surface area contributed by atoms with E-state index in [9.17, 15) is 4.79 Å². The fourth-order valence-corrected chi connectivity index (χ4v) is 3.85. The Labute approximate surface area is 173 Å². The molecule has 2 heterocycles. The molecular formula is C22H22BrNO4. The maximum atomic E-state index is 12.9. The van der Waals surface area contributed by atoms with Crippen LogP contribution in [0.1, 0.15) is 33.5 Å². The fraction of sp³-hybridized carbons (Fsp3) is 0.318. The molecule has 0 bridgehead atoms. The third-order valence-corrected chi connectivity index (χ3v) is 5.52. The number of Topliss-reactive ketones (excluding diaryl/α,β-unsaturated/α-hetero) is 1. The van der Waals surface area contributed by atoms with Gasteiger partial charge in [0.1, 0.15) is 18.2 Å². The van der Waals surface area contributed by atoms with Crippen LogP contribution in [0.3, 0.4) is 0 Å². The van der Waals surface area contributed by atoms with E-state index in [1.807, 2.05) is 37.3 Å². The minimum atomic E-state index is -0.0830. The van der Waals surface area contributed by atoms with Crippen molar-refractivity contribution in [1.29, 1.82) is 0 Å². The van der Waals surface area contributed by atoms with E-state index in [0.29, 0.717) is 23.8 Å². The smallest absolute Gasteiger partial charge is 0.231 e. The summed E-state index contributed by atoms with van der Waals surface area (Å²) in [5.74, 6) is 1.71. The molecule has 0 unspecified atom stereocenters. The first-order valence-corrected chi connectivity index (χ1v) is 10.1. The highest BCUT2D eigenvalue weighted by Gasteiger charge is 2.33. The van der Waals surface area contributed by atoms with Gasteiger partial charge in [-0.25, -0.2) is 0 Å². The minimum Gasteiger partial charge on any atom is -0.477 e. The average molecular weight is 444 g/mol. The van der Waals surface area contributed by atoms with Crippen LogP contribution >= 0.6 is 15.9 Å². The number of ketones is 1. The number of carbonyl (C=O) groups excluding carboxylic acids is 1. The fourth-order valence-electron chi connectivity index (χ4n) is 3.58. The van der Waals surface area contributed by atoms with Gasteiger partial charge in [-0.3, -0.25) is 9.69 Å². The number of benzene rings is 2. The lowest BCUT2D eigenvalue weighted by Gasteiger charge is -2.30. The molecule has 146 valence electrons. The van der Waals surface area contributed by atoms with Gasteiger partial charge in [0.15, 0.2) is 5.76 Å². The number of ether oxygens (including phenoxy) is 3. The Morgan fingerprint density at radius 3 is 2.79 bits per heavy atom. The van der Waals surface area contributed by atoms with E-state index in [4.69, 9.17) is 14.2 Å². The molecule has 0 aromatic heterocycles. The predicted octanol–water partition coefficient (Wildman–Crippen LogP) is 4.56. The number of allylic oxidation sites excluding steroid dienone is 1. The summed E-state index contributed by atoms with van der Waals surface area (Å²) in [6.45, 7) is 4.86. The predicted molar refractivity (Wildman–Crippen MR) is 111 cm³/mol. The molecule has 2 aliphatic heterocycles. The SMILES string of the molecule is COCCCN1COc2c(cc3c(c2C)O/C(=C\c2ccc(Br)cc2)C3=O)C1. The van der Waals surface area contributed by atoms with Crippen LogP contribution in [0.5, 0.6) is 11.5 Å². The quantitative estimate of drug-likeness (QED) is 0.500. The van der Waals surface area contributed by atoms with Gasteiger partial charge in [-0.05, 0) is 43.2 Å². The van der Waals surface area contributed by atoms with Crippen LogP contribution in [0.25, 0.3) is 6.08 Å². The van der Waals surface area contributed by atoms with Crippen LogP contribution < -0.4 is 9.47 Å². The highest BCUT2D eigenvalue weighted by molar-refractivity contribution is 9.10. The molecule has 0 N–H and O–H groups in total. The average Bonchev–Trinajstić information content (AvgIpc) is 3.00. The lowest BCUT2D eigenvalue weighted by atomic mass is 10.00. The second-order valence-corrected chi connectivity index (χ2v) is 7.95. The van der Waals surface area contributed by atoms with Crippen molar-refractivity contribution in [2.45, 2.75) is 19.9 Å². The van der Waals surface area contributed by atoms with Crippen LogP contribution in [0.15, 0.2) is 40.6 Å². The molecule has 6 heteroatoms. The number of methoxy groups -OCH3 is 1. The Hall–Kier alpha value is -2.15. The Morgan fingerprint density at radius 1 is 1.25 bits per heavy atom. The second-order valence-electron chi connectivity index (χ2n) is 7.03. The summed E-state index contributed by atoms with van der Waals surface area (Å²) >= 11 is 3.42. The van der Waals surface area contributed by atoms with Gasteiger partial charge in [-0.2, -0.15) is 0 Å². The number of hydrogen-bond acceptors (Lipinski definition) is 5. The first-order valence-electron chi connectivity index (χ1n) is 9.27. The molecule has 0 spiro atoms. The van der Waals surface area contributed by atoms with Crippen molar-refractivity contribution in [3.63, 3.8) is 0 Å². The summed E-state index contributed by atoms with van der Waals surface area (Å²) in [4.78, 5) is 15.1. The molecule has 0 aliphatic carbocycles. The molecule has 0 amide bonds. The number of carbonyl (C=O) groups is 1. The number of fused-ring (bicyclic) bond motifs is 2. The zero-order valence-electron chi connectivity index (χ0n) is 16.0. The van der Waals surface area contributed by atoms with Crippen LogP contribution in [0.4, 0.5) is 0 Å². The van der Waals surface area contributed by atoms with Crippen molar-refractivity contribution in [3.05, 3.63) is 62.8 Å². The molecule has 4 rings (SSSR count). The van der Waals surface area contributed by atoms with Crippen LogP contribution in [0.2, 0.25) is 0 Å². The lowest BCUT2D eigenvalue weighted by Crippen LogP contribution is -2.33. The monoisotopic (exact) mass is 443 g/mol. The van der Waals surface area contributed by atoms with E-state index in [0.717, 1.165) is 53.0 Å². The Morgan fingerprint density at radius 2 is 2.04 bits per heavy atom. The Kier molecular flexibility index (Phi) is 5.53. The summed E-state index contributed by atoms with van der Waals surface area (Å²) in [6.07, 6.45) is 2.73. The first-order chi connectivity index (χ1) is 13.6. The van der Waals surface area contributed by atoms with Crippen molar-refractivity contribution in [2.75, 3.05) is 27.0 Å². The van der Waals surface area contributed by atoms with Crippen molar-refractivity contribution in [3.8, 4) is 11.5 Å². The molecular weight excluding hydrogens is 422 g/mol. The van der Waals surface area contributed by atoms with E-state index in [1.165, 1.54) is 0 Å². The summed E-state index contributed by atoms with van der Waals surface area (Å²) < 4.78 is 18.1. The zero-order chi connectivity index (χ0) is 19.7. The van der Waals surface area contributed by atoms with Gasteiger partial charge in [0.25, 0.3) is 0 Å². The lowest BCUT2D eigenvalue weighted by molar-refractivity contribution is 0.0826. The third-order valence-electron chi connectivity index (χ3n) is 4.99. The third kappa shape index (κ3) is 3.72. The molecule has 28 heavy (non-hydrogen) atoms. The Bertz CT molecular complexity index is 937. The van der Waals surface area contributed by atoms with Crippen molar-refractivity contribution in [2.24, 2.45) is 0 Å². The second kappa shape index (κ2) is 8.07. The minimum absolute atomic E-state index is 0.0830. The zero-order valence-corrected chi connectivity index (χ0v) is 17.5. The summed E-state index contributed by atoms with van der Waals surface area (Å²) in [5, 5.41) is 0. The van der Waals surface area contributed by atoms with Crippen LogP contribution in [-0.4, -0.2) is 37.7 Å². The van der Waals surface area contributed by atoms with E-state index in [1.54, 1.807) is 13.2 Å². The van der Waals surface area contributed by atoms with Crippen molar-refractivity contribution in [1.82, 2.24) is 4.90 Å². The van der Waals surface area contributed by atoms with Crippen LogP contribution in [0, 0.1) is 6.92 Å². The van der Waals surface area contributed by atoms with Gasteiger partial charge in [0.05, 0.1) is 5.56 Å². The normalized spacial score (nSPS) is 17.2. The first kappa shape index (κ1) is 19.2. The van der Waals surface area contributed by atoms with Gasteiger partial charge in [-0.1, -0.05) is 28.1 Å². The molecule has 0 saturated carbocycles. The maximum absolute atomic E-state index is 12.9. The van der Waals surface area contributed by atoms with E-state index < -0.39 is 0 Å². The molecule has 5 nitrogen and oxygen atoms in total. The molecule has 2 aliphatic rings. The summed E-state index contributed by atoms with van der Waals surface area (Å²) in [6, 6.07) is 9.68. The van der Waals surface area contributed by atoms with Gasteiger partial charge < -0.3 is 14.2 Å². The number of nitrogens with zero attached hydrogens (tertiary/aromatic N) is 1. The molecule has 0 atom stereocenters. The number of rotatable bonds is 5. The molecule has 2 aromatic rings. The van der Waals surface area contributed by atoms with Gasteiger partial charge in [0.2, 0.25) is 5.78 Å². The van der Waals surface area contributed by atoms with Gasteiger partial charge in [-0.15, -0.1) is 0 Å². The molecule has 0 fully saturated rings. The Balaban J connectivity index is 1.59. The van der Waals surface area contributed by atoms with Crippen molar-refractivity contribution < 1.29 is 19.0 Å². The van der Waals surface area contributed by atoms with E-state index >= 15 is 0 Å². The standard InChI is InChI=1S/C22H22BrNO4/c1-14-21-16(12-24(13-27-21)8-3-9-26-2)11-18-20(25)19(28-22(14)18)10-15-4-6-17(23)7-5-15/h4-7,10-11H,3,8-9,12-13H2,1-2H3/b19-10-. The molecule has 0 saturated heterocycles. The van der Waals surface area contributed by atoms with Crippen LogP contribution in [-0.2, 0) is 11.3 Å². The summed E-state index contributed by atoms with van der Waals surface area (Å²) in [5.41, 5.74) is 3.45. The number of hydrogen-bond donors (Lipinski definition) is 0. The topological polar surface area (TPSA) is 48.0 Å². The van der Waals surface area contributed by atoms with Gasteiger partial charge in [0, 0.05) is 42.4 Å².